The summed E-state index contributed by atoms with van der Waals surface area (Å²) in [6.07, 6.45) is 4.23. The van der Waals surface area contributed by atoms with E-state index in [-0.39, 0.29) is 0 Å². The summed E-state index contributed by atoms with van der Waals surface area (Å²) in [5, 5.41) is 9.93. The van der Waals surface area contributed by atoms with Crippen LogP contribution in [0.25, 0.3) is 0 Å². The molecule has 0 saturated carbocycles. The van der Waals surface area contributed by atoms with E-state index in [0.717, 1.165) is 11.3 Å². The molecule has 0 bridgehead atoms. The Balaban J connectivity index is 2.22. The molecular weight excluding hydrogens is 192 g/mol. The fourth-order valence-corrected chi connectivity index (χ4v) is 1.36. The number of hydrogen-bond acceptors (Lipinski definition) is 3. The molecule has 0 amide bonds. The van der Waals surface area contributed by atoms with Crippen molar-refractivity contribution in [2.45, 2.75) is 6.23 Å². The average Bonchev–Trinajstić information content (AvgIpc) is 2.82. The normalized spacial score (nSPS) is 12.4. The molecule has 78 valence electrons. The van der Waals surface area contributed by atoms with Crippen molar-refractivity contribution in [2.75, 3.05) is 7.11 Å². The molecule has 1 atom stereocenters. The number of ether oxygens (including phenoxy) is 1. The van der Waals surface area contributed by atoms with Crippen LogP contribution >= 0.6 is 0 Å². The summed E-state index contributed by atoms with van der Waals surface area (Å²) in [6, 6.07) is 7.28. The maximum Gasteiger partial charge on any atom is 0.157 e. The number of aromatic nitrogens is 2. The van der Waals surface area contributed by atoms with Crippen LogP contribution in [-0.4, -0.2) is 21.8 Å². The number of imidazole rings is 1. The molecule has 0 radical (unpaired) electrons. The van der Waals surface area contributed by atoms with Gasteiger partial charge in [0.2, 0.25) is 0 Å². The molecule has 1 heterocycles. The Bertz CT molecular complexity index is 409. The van der Waals surface area contributed by atoms with Gasteiger partial charge < -0.3 is 14.4 Å². The molecule has 0 aliphatic carbocycles. The van der Waals surface area contributed by atoms with Gasteiger partial charge in [-0.3, -0.25) is 0 Å². The Labute approximate surface area is 87.8 Å². The Morgan fingerprint density at radius 2 is 2.07 bits per heavy atom. The van der Waals surface area contributed by atoms with E-state index in [0.29, 0.717) is 0 Å². The zero-order valence-electron chi connectivity index (χ0n) is 8.37. The van der Waals surface area contributed by atoms with Gasteiger partial charge in [-0.25, -0.2) is 4.98 Å². The first kappa shape index (κ1) is 9.73. The third-order valence-electron chi connectivity index (χ3n) is 2.22. The topological polar surface area (TPSA) is 47.3 Å². The molecule has 2 aromatic rings. The molecule has 0 aliphatic heterocycles. The SMILES string of the molecule is COc1ccc(C(O)n2ccnc2)cc1. The molecule has 1 N–H and O–H groups in total. The number of aliphatic hydroxyl groups excluding tert-OH is 1. The van der Waals surface area contributed by atoms with Gasteiger partial charge in [-0.05, 0) is 12.1 Å². The van der Waals surface area contributed by atoms with E-state index >= 15 is 0 Å². The van der Waals surface area contributed by atoms with Gasteiger partial charge in [0.25, 0.3) is 0 Å². The highest BCUT2D eigenvalue weighted by atomic mass is 16.5. The molecule has 0 fully saturated rings. The molecule has 1 unspecified atom stereocenters. The van der Waals surface area contributed by atoms with Crippen molar-refractivity contribution in [1.82, 2.24) is 9.55 Å². The van der Waals surface area contributed by atoms with Crippen molar-refractivity contribution in [3.05, 3.63) is 48.5 Å². The van der Waals surface area contributed by atoms with Crippen LogP contribution in [0.3, 0.4) is 0 Å². The molecule has 4 nitrogen and oxygen atoms in total. The predicted molar refractivity (Wildman–Crippen MR) is 55.6 cm³/mol. The Hall–Kier alpha value is -1.81. The quantitative estimate of drug-likeness (QED) is 0.822. The first-order valence-electron chi connectivity index (χ1n) is 4.60. The van der Waals surface area contributed by atoms with Gasteiger partial charge in [-0.2, -0.15) is 0 Å². The summed E-state index contributed by atoms with van der Waals surface area (Å²) >= 11 is 0. The lowest BCUT2D eigenvalue weighted by Crippen LogP contribution is -2.07. The number of methoxy groups -OCH3 is 1. The van der Waals surface area contributed by atoms with E-state index in [1.54, 1.807) is 30.4 Å². The van der Waals surface area contributed by atoms with Gasteiger partial charge in [0.1, 0.15) is 5.75 Å². The Kier molecular flexibility index (Phi) is 2.69. The molecule has 0 aliphatic rings. The summed E-state index contributed by atoms with van der Waals surface area (Å²) in [4.78, 5) is 3.88. The third kappa shape index (κ3) is 1.99. The van der Waals surface area contributed by atoms with Crippen LogP contribution < -0.4 is 4.74 Å². The largest absolute Gasteiger partial charge is 0.497 e. The van der Waals surface area contributed by atoms with E-state index in [4.69, 9.17) is 4.74 Å². The van der Waals surface area contributed by atoms with E-state index in [9.17, 15) is 5.11 Å². The first-order chi connectivity index (χ1) is 7.31. The van der Waals surface area contributed by atoms with Crippen molar-refractivity contribution >= 4 is 0 Å². The van der Waals surface area contributed by atoms with Crippen LogP contribution in [0.15, 0.2) is 43.0 Å². The van der Waals surface area contributed by atoms with Crippen LogP contribution in [0.1, 0.15) is 11.8 Å². The predicted octanol–water partition coefficient (Wildman–Crippen LogP) is 1.43. The number of benzene rings is 1. The zero-order valence-corrected chi connectivity index (χ0v) is 8.37. The van der Waals surface area contributed by atoms with Crippen LogP contribution in [0.4, 0.5) is 0 Å². The van der Waals surface area contributed by atoms with Crippen LogP contribution in [-0.2, 0) is 0 Å². The molecule has 1 aromatic heterocycles. The summed E-state index contributed by atoms with van der Waals surface area (Å²) in [5.74, 6) is 0.775. The number of hydrogen-bond donors (Lipinski definition) is 1. The second-order valence-corrected chi connectivity index (χ2v) is 3.16. The van der Waals surface area contributed by atoms with Crippen molar-refractivity contribution < 1.29 is 9.84 Å². The molecule has 0 saturated heterocycles. The number of aliphatic hydroxyl groups is 1. The highest BCUT2D eigenvalue weighted by molar-refractivity contribution is 5.28. The lowest BCUT2D eigenvalue weighted by Gasteiger charge is -2.12. The highest BCUT2D eigenvalue weighted by Gasteiger charge is 2.08. The van der Waals surface area contributed by atoms with Crippen molar-refractivity contribution in [2.24, 2.45) is 0 Å². The van der Waals surface area contributed by atoms with Gasteiger partial charge in [0.05, 0.1) is 13.4 Å². The van der Waals surface area contributed by atoms with Gasteiger partial charge in [0, 0.05) is 18.0 Å². The standard InChI is InChI=1S/C11H12N2O2/c1-15-10-4-2-9(3-5-10)11(14)13-7-6-12-8-13/h2-8,11,14H,1H3. The Morgan fingerprint density at radius 3 is 2.60 bits per heavy atom. The lowest BCUT2D eigenvalue weighted by molar-refractivity contribution is 0.146. The highest BCUT2D eigenvalue weighted by Crippen LogP contribution is 2.18. The molecule has 1 aromatic carbocycles. The summed E-state index contributed by atoms with van der Waals surface area (Å²) < 4.78 is 6.67. The van der Waals surface area contributed by atoms with Crippen LogP contribution in [0, 0.1) is 0 Å². The van der Waals surface area contributed by atoms with E-state index in [1.165, 1.54) is 0 Å². The number of rotatable bonds is 3. The lowest BCUT2D eigenvalue weighted by atomic mass is 10.2. The molecule has 15 heavy (non-hydrogen) atoms. The summed E-state index contributed by atoms with van der Waals surface area (Å²) in [7, 11) is 1.61. The van der Waals surface area contributed by atoms with Crippen molar-refractivity contribution in [3.63, 3.8) is 0 Å². The molecule has 2 rings (SSSR count). The monoisotopic (exact) mass is 204 g/mol. The fourth-order valence-electron chi connectivity index (χ4n) is 1.36. The molecule has 4 heteroatoms. The minimum absolute atomic E-state index is 0.696. The fraction of sp³-hybridized carbons (Fsp3) is 0.182. The van der Waals surface area contributed by atoms with Crippen molar-refractivity contribution in [3.8, 4) is 5.75 Å². The van der Waals surface area contributed by atoms with Crippen LogP contribution in [0.2, 0.25) is 0 Å². The smallest absolute Gasteiger partial charge is 0.157 e. The van der Waals surface area contributed by atoms with Crippen molar-refractivity contribution in [1.29, 1.82) is 0 Å². The molecule has 0 spiro atoms. The third-order valence-corrected chi connectivity index (χ3v) is 2.22. The Morgan fingerprint density at radius 1 is 1.33 bits per heavy atom. The summed E-state index contributed by atoms with van der Waals surface area (Å²) in [5.41, 5.74) is 0.800. The zero-order chi connectivity index (χ0) is 10.7. The first-order valence-corrected chi connectivity index (χ1v) is 4.60. The van der Waals surface area contributed by atoms with Gasteiger partial charge >= 0.3 is 0 Å². The van der Waals surface area contributed by atoms with Gasteiger partial charge in [0.15, 0.2) is 6.23 Å². The average molecular weight is 204 g/mol. The van der Waals surface area contributed by atoms with Crippen LogP contribution in [0.5, 0.6) is 5.75 Å². The minimum Gasteiger partial charge on any atom is -0.497 e. The second kappa shape index (κ2) is 4.14. The van der Waals surface area contributed by atoms with E-state index in [1.807, 2.05) is 24.3 Å². The van der Waals surface area contributed by atoms with E-state index < -0.39 is 6.23 Å². The minimum atomic E-state index is -0.696. The van der Waals surface area contributed by atoms with E-state index in [2.05, 4.69) is 4.98 Å². The second-order valence-electron chi connectivity index (χ2n) is 3.16. The van der Waals surface area contributed by atoms with Gasteiger partial charge in [-0.1, -0.05) is 12.1 Å². The van der Waals surface area contributed by atoms with Gasteiger partial charge in [-0.15, -0.1) is 0 Å². The number of nitrogens with zero attached hydrogens (tertiary/aromatic N) is 2. The maximum absolute atomic E-state index is 9.93. The maximum atomic E-state index is 9.93. The molecular formula is C11H12N2O2. The summed E-state index contributed by atoms with van der Waals surface area (Å²) in [6.45, 7) is 0.